The van der Waals surface area contributed by atoms with Crippen molar-refractivity contribution >= 4 is 17.3 Å². The number of benzene rings is 1. The predicted octanol–water partition coefficient (Wildman–Crippen LogP) is 1.63. The Morgan fingerprint density at radius 2 is 2.16 bits per heavy atom. The van der Waals surface area contributed by atoms with E-state index in [1.807, 2.05) is 0 Å². The van der Waals surface area contributed by atoms with Crippen molar-refractivity contribution in [2.24, 2.45) is 0 Å². The number of aromatic hydroxyl groups is 1. The fourth-order valence-corrected chi connectivity index (χ4v) is 1.52. The van der Waals surface area contributed by atoms with Crippen molar-refractivity contribution < 1.29 is 14.6 Å². The Balaban J connectivity index is 2.18. The van der Waals surface area contributed by atoms with Gasteiger partial charge in [0.25, 0.3) is 5.91 Å². The van der Waals surface area contributed by atoms with Gasteiger partial charge in [-0.3, -0.25) is 4.79 Å². The minimum Gasteiger partial charge on any atom is -0.505 e. The summed E-state index contributed by atoms with van der Waals surface area (Å²) in [5.74, 6) is -0.247. The molecule has 1 aromatic carbocycles. The lowest BCUT2D eigenvalue weighted by Crippen LogP contribution is -2.12. The largest absolute Gasteiger partial charge is 0.505 e. The molecule has 0 aliphatic heterocycles. The number of phenolic OH excluding ortho intramolecular Hbond substituents is 1. The highest BCUT2D eigenvalue weighted by Crippen LogP contribution is 2.25. The van der Waals surface area contributed by atoms with Crippen LogP contribution in [-0.4, -0.2) is 23.1 Å². The number of hydrogen-bond donors (Lipinski definition) is 3. The molecule has 6 heteroatoms. The molecular formula is C13H13N3O3. The summed E-state index contributed by atoms with van der Waals surface area (Å²) in [6, 6.07) is 7.86. The number of nitrogens with one attached hydrogen (secondary N) is 1. The molecule has 0 saturated heterocycles. The number of rotatable bonds is 3. The second-order valence-corrected chi connectivity index (χ2v) is 3.79. The second-order valence-electron chi connectivity index (χ2n) is 3.79. The maximum atomic E-state index is 12.0. The number of nitrogen functional groups attached to an aromatic ring is 1. The van der Waals surface area contributed by atoms with E-state index in [2.05, 4.69) is 10.3 Å². The normalized spacial score (nSPS) is 9.95. The van der Waals surface area contributed by atoms with Gasteiger partial charge in [-0.05, 0) is 18.2 Å². The smallest absolute Gasteiger partial charge is 0.259 e. The molecule has 0 radical (unpaired) electrons. The van der Waals surface area contributed by atoms with Crippen molar-refractivity contribution in [2.75, 3.05) is 18.2 Å². The molecular weight excluding hydrogens is 246 g/mol. The summed E-state index contributed by atoms with van der Waals surface area (Å²) in [5, 5.41) is 12.3. The van der Waals surface area contributed by atoms with Gasteiger partial charge in [-0.15, -0.1) is 0 Å². The number of nitrogens with two attached hydrogens (primary N) is 1. The molecule has 6 nitrogen and oxygen atoms in total. The van der Waals surface area contributed by atoms with Crippen molar-refractivity contribution in [3.63, 3.8) is 0 Å². The van der Waals surface area contributed by atoms with Crippen LogP contribution in [0.1, 0.15) is 10.4 Å². The first kappa shape index (κ1) is 12.7. The van der Waals surface area contributed by atoms with Crippen LogP contribution < -0.4 is 15.8 Å². The summed E-state index contributed by atoms with van der Waals surface area (Å²) in [7, 11) is 1.51. The number of pyridine rings is 1. The Morgan fingerprint density at radius 3 is 2.79 bits per heavy atom. The van der Waals surface area contributed by atoms with Gasteiger partial charge in [-0.25, -0.2) is 4.98 Å². The van der Waals surface area contributed by atoms with Gasteiger partial charge >= 0.3 is 0 Å². The van der Waals surface area contributed by atoms with Gasteiger partial charge in [0.1, 0.15) is 0 Å². The van der Waals surface area contributed by atoms with E-state index in [-0.39, 0.29) is 17.0 Å². The highest BCUT2D eigenvalue weighted by Gasteiger charge is 2.13. The molecule has 2 aromatic rings. The van der Waals surface area contributed by atoms with Crippen molar-refractivity contribution in [3.05, 3.63) is 42.1 Å². The lowest BCUT2D eigenvalue weighted by molar-refractivity contribution is 0.102. The van der Waals surface area contributed by atoms with E-state index in [1.165, 1.54) is 25.4 Å². The van der Waals surface area contributed by atoms with Gasteiger partial charge < -0.3 is 20.9 Å². The summed E-state index contributed by atoms with van der Waals surface area (Å²) in [5.41, 5.74) is 6.28. The maximum absolute atomic E-state index is 12.0. The number of aromatic nitrogens is 1. The standard InChI is InChI=1S/C13H13N3O3/c1-19-11-6-5-8(7-15-11)16-13(18)9-3-2-4-10(14)12(9)17/h2-7,17H,14H2,1H3,(H,16,18). The van der Waals surface area contributed by atoms with Crippen molar-refractivity contribution in [1.29, 1.82) is 0 Å². The molecule has 98 valence electrons. The molecule has 19 heavy (non-hydrogen) atoms. The number of para-hydroxylation sites is 1. The van der Waals surface area contributed by atoms with Gasteiger partial charge in [0.05, 0.1) is 30.2 Å². The van der Waals surface area contributed by atoms with Crippen molar-refractivity contribution in [3.8, 4) is 11.6 Å². The fraction of sp³-hybridized carbons (Fsp3) is 0.0769. The van der Waals surface area contributed by atoms with E-state index in [9.17, 15) is 9.90 Å². The van der Waals surface area contributed by atoms with Crippen molar-refractivity contribution in [2.45, 2.75) is 0 Å². The molecule has 0 saturated carbocycles. The third-order valence-electron chi connectivity index (χ3n) is 2.52. The zero-order chi connectivity index (χ0) is 13.8. The lowest BCUT2D eigenvalue weighted by Gasteiger charge is -2.08. The number of phenols is 1. The van der Waals surface area contributed by atoms with Gasteiger partial charge in [0, 0.05) is 6.07 Å². The number of methoxy groups -OCH3 is 1. The molecule has 0 atom stereocenters. The Hall–Kier alpha value is -2.76. The first-order chi connectivity index (χ1) is 9.11. The summed E-state index contributed by atoms with van der Waals surface area (Å²) in [6.45, 7) is 0. The third-order valence-corrected chi connectivity index (χ3v) is 2.52. The number of amides is 1. The Kier molecular flexibility index (Phi) is 3.51. The number of hydrogen-bond acceptors (Lipinski definition) is 5. The maximum Gasteiger partial charge on any atom is 0.259 e. The summed E-state index contributed by atoms with van der Waals surface area (Å²) in [4.78, 5) is 15.9. The number of nitrogens with zero attached hydrogens (tertiary/aromatic N) is 1. The number of anilines is 2. The van der Waals surface area contributed by atoms with Gasteiger partial charge in [0.2, 0.25) is 5.88 Å². The fourth-order valence-electron chi connectivity index (χ4n) is 1.52. The molecule has 0 bridgehead atoms. The predicted molar refractivity (Wildman–Crippen MR) is 71.3 cm³/mol. The number of ether oxygens (including phenoxy) is 1. The van der Waals surface area contributed by atoms with Crippen LogP contribution in [0.5, 0.6) is 11.6 Å². The summed E-state index contributed by atoms with van der Waals surface area (Å²) in [6.07, 6.45) is 1.46. The highest BCUT2D eigenvalue weighted by molar-refractivity contribution is 6.07. The van der Waals surface area contributed by atoms with Crippen LogP contribution in [0.2, 0.25) is 0 Å². The van der Waals surface area contributed by atoms with E-state index >= 15 is 0 Å². The van der Waals surface area contributed by atoms with E-state index in [0.29, 0.717) is 11.6 Å². The van der Waals surface area contributed by atoms with Crippen LogP contribution in [0, 0.1) is 0 Å². The van der Waals surface area contributed by atoms with Crippen molar-refractivity contribution in [1.82, 2.24) is 4.98 Å². The summed E-state index contributed by atoms with van der Waals surface area (Å²) >= 11 is 0. The molecule has 2 rings (SSSR count). The number of carbonyl (C=O) groups is 1. The molecule has 0 unspecified atom stereocenters. The lowest BCUT2D eigenvalue weighted by atomic mass is 10.1. The summed E-state index contributed by atoms with van der Waals surface area (Å²) < 4.78 is 4.91. The molecule has 0 aliphatic rings. The molecule has 0 fully saturated rings. The minimum absolute atomic E-state index is 0.107. The minimum atomic E-state index is -0.461. The van der Waals surface area contributed by atoms with Crippen LogP contribution in [-0.2, 0) is 0 Å². The molecule has 1 heterocycles. The first-order valence-electron chi connectivity index (χ1n) is 5.50. The SMILES string of the molecule is COc1ccc(NC(=O)c2cccc(N)c2O)cn1. The van der Waals surface area contributed by atoms with Gasteiger partial charge in [-0.1, -0.05) is 6.07 Å². The Morgan fingerprint density at radius 1 is 1.37 bits per heavy atom. The van der Waals surface area contributed by atoms with Crippen LogP contribution in [0.25, 0.3) is 0 Å². The van der Waals surface area contributed by atoms with Gasteiger partial charge in [0.15, 0.2) is 5.75 Å². The molecule has 4 N–H and O–H groups in total. The van der Waals surface area contributed by atoms with E-state index < -0.39 is 5.91 Å². The Bertz CT molecular complexity index is 597. The van der Waals surface area contributed by atoms with Crippen LogP contribution in [0.15, 0.2) is 36.5 Å². The molecule has 1 amide bonds. The average molecular weight is 259 g/mol. The van der Waals surface area contributed by atoms with Crippen LogP contribution in [0.3, 0.4) is 0 Å². The van der Waals surface area contributed by atoms with E-state index in [4.69, 9.17) is 10.5 Å². The second kappa shape index (κ2) is 5.26. The van der Waals surface area contributed by atoms with Crippen LogP contribution in [0.4, 0.5) is 11.4 Å². The number of carbonyl (C=O) groups excluding carboxylic acids is 1. The highest BCUT2D eigenvalue weighted by atomic mass is 16.5. The quantitative estimate of drug-likeness (QED) is 0.575. The average Bonchev–Trinajstić information content (AvgIpc) is 2.42. The molecule has 1 aromatic heterocycles. The zero-order valence-electron chi connectivity index (χ0n) is 10.3. The third kappa shape index (κ3) is 2.74. The van der Waals surface area contributed by atoms with Gasteiger partial charge in [-0.2, -0.15) is 0 Å². The Labute approximate surface area is 109 Å². The monoisotopic (exact) mass is 259 g/mol. The van der Waals surface area contributed by atoms with E-state index in [0.717, 1.165) is 0 Å². The first-order valence-corrected chi connectivity index (χ1v) is 5.50. The molecule has 0 aliphatic carbocycles. The van der Waals surface area contributed by atoms with Crippen LogP contribution >= 0.6 is 0 Å². The zero-order valence-corrected chi connectivity index (χ0v) is 10.3. The van der Waals surface area contributed by atoms with E-state index in [1.54, 1.807) is 18.2 Å². The molecule has 0 spiro atoms. The topological polar surface area (TPSA) is 97.5 Å².